The molecule has 0 bridgehead atoms. The molecule has 0 aromatic heterocycles. The van der Waals surface area contributed by atoms with Crippen molar-refractivity contribution in [1.82, 2.24) is 4.90 Å². The lowest BCUT2D eigenvalue weighted by molar-refractivity contribution is 0.0667. The Kier molecular flexibility index (Phi) is 7.28. The maximum absolute atomic E-state index is 9.31. The van der Waals surface area contributed by atoms with E-state index in [1.807, 2.05) is 27.9 Å². The maximum atomic E-state index is 9.31. The fourth-order valence-electron chi connectivity index (χ4n) is 0.828. The SMILES string of the molecule is CN(C)CCCC(C)(C)O.Cl. The molecule has 0 fully saturated rings. The summed E-state index contributed by atoms with van der Waals surface area (Å²) in [6.07, 6.45) is 1.95. The van der Waals surface area contributed by atoms with Crippen LogP contribution in [-0.4, -0.2) is 36.2 Å². The molecule has 0 saturated carbocycles. The van der Waals surface area contributed by atoms with Gasteiger partial charge in [-0.25, -0.2) is 0 Å². The molecule has 2 nitrogen and oxygen atoms in total. The summed E-state index contributed by atoms with van der Waals surface area (Å²) in [6, 6.07) is 0. The van der Waals surface area contributed by atoms with Crippen molar-refractivity contribution >= 4 is 12.4 Å². The van der Waals surface area contributed by atoms with Gasteiger partial charge < -0.3 is 10.0 Å². The Labute approximate surface area is 76.0 Å². The molecule has 0 aliphatic carbocycles. The summed E-state index contributed by atoms with van der Waals surface area (Å²) in [5.41, 5.74) is -0.490. The van der Waals surface area contributed by atoms with Gasteiger partial charge in [0, 0.05) is 0 Å². The molecule has 3 heteroatoms. The van der Waals surface area contributed by atoms with E-state index in [-0.39, 0.29) is 12.4 Å². The van der Waals surface area contributed by atoms with Gasteiger partial charge in [0.1, 0.15) is 0 Å². The molecule has 0 radical (unpaired) electrons. The lowest BCUT2D eigenvalue weighted by atomic mass is 10.0. The largest absolute Gasteiger partial charge is 0.390 e. The summed E-state index contributed by atoms with van der Waals surface area (Å²) in [5, 5.41) is 9.31. The molecule has 0 saturated heterocycles. The fraction of sp³-hybridized carbons (Fsp3) is 1.00. The van der Waals surface area contributed by atoms with Crippen LogP contribution in [0.3, 0.4) is 0 Å². The Bertz CT molecular complexity index is 88.6. The minimum Gasteiger partial charge on any atom is -0.390 e. The first kappa shape index (κ1) is 13.8. The third-order valence-corrected chi connectivity index (χ3v) is 1.39. The van der Waals surface area contributed by atoms with Gasteiger partial charge in [0.25, 0.3) is 0 Å². The summed E-state index contributed by atoms with van der Waals surface area (Å²) in [6.45, 7) is 4.76. The highest BCUT2D eigenvalue weighted by atomic mass is 35.5. The van der Waals surface area contributed by atoms with Crippen molar-refractivity contribution in [2.75, 3.05) is 20.6 Å². The molecule has 1 N–H and O–H groups in total. The zero-order valence-corrected chi connectivity index (χ0v) is 8.74. The molecular formula is C8H20ClNO. The van der Waals surface area contributed by atoms with Gasteiger partial charge in [0.15, 0.2) is 0 Å². The predicted molar refractivity (Wildman–Crippen MR) is 51.3 cm³/mol. The summed E-state index contributed by atoms with van der Waals surface area (Å²) in [5.74, 6) is 0. The molecule has 0 spiro atoms. The molecular weight excluding hydrogens is 162 g/mol. The van der Waals surface area contributed by atoms with Gasteiger partial charge >= 0.3 is 0 Å². The van der Waals surface area contributed by atoms with E-state index in [9.17, 15) is 5.11 Å². The quantitative estimate of drug-likeness (QED) is 0.711. The van der Waals surface area contributed by atoms with Crippen molar-refractivity contribution in [3.05, 3.63) is 0 Å². The molecule has 0 unspecified atom stereocenters. The van der Waals surface area contributed by atoms with Gasteiger partial charge in [0.05, 0.1) is 5.60 Å². The van der Waals surface area contributed by atoms with E-state index in [0.717, 1.165) is 19.4 Å². The molecule has 0 aromatic rings. The van der Waals surface area contributed by atoms with Crippen LogP contribution in [0.2, 0.25) is 0 Å². The van der Waals surface area contributed by atoms with Crippen LogP contribution in [0.15, 0.2) is 0 Å². The Morgan fingerprint density at radius 2 is 1.73 bits per heavy atom. The van der Waals surface area contributed by atoms with Gasteiger partial charge in [0.2, 0.25) is 0 Å². The van der Waals surface area contributed by atoms with Gasteiger partial charge in [-0.15, -0.1) is 12.4 Å². The van der Waals surface area contributed by atoms with Gasteiger partial charge in [-0.05, 0) is 47.3 Å². The van der Waals surface area contributed by atoms with Crippen LogP contribution in [-0.2, 0) is 0 Å². The maximum Gasteiger partial charge on any atom is 0.0592 e. The molecule has 0 aliphatic rings. The lowest BCUT2D eigenvalue weighted by Crippen LogP contribution is -2.21. The summed E-state index contributed by atoms with van der Waals surface area (Å²) >= 11 is 0. The van der Waals surface area contributed by atoms with Crippen molar-refractivity contribution in [2.24, 2.45) is 0 Å². The molecule has 11 heavy (non-hydrogen) atoms. The minimum absolute atomic E-state index is 0. The first-order valence-electron chi connectivity index (χ1n) is 3.79. The van der Waals surface area contributed by atoms with E-state index < -0.39 is 5.60 Å². The van der Waals surface area contributed by atoms with Crippen LogP contribution in [0.1, 0.15) is 26.7 Å². The van der Waals surface area contributed by atoms with Crippen molar-refractivity contribution in [3.63, 3.8) is 0 Å². The molecule has 0 rings (SSSR count). The number of halogens is 1. The van der Waals surface area contributed by atoms with Gasteiger partial charge in [-0.1, -0.05) is 0 Å². The number of hydrogen-bond donors (Lipinski definition) is 1. The highest BCUT2D eigenvalue weighted by Crippen LogP contribution is 2.09. The number of nitrogens with zero attached hydrogens (tertiary/aromatic N) is 1. The average molecular weight is 182 g/mol. The second-order valence-corrected chi connectivity index (χ2v) is 3.72. The third kappa shape index (κ3) is 13.2. The molecule has 0 atom stereocenters. The fourth-order valence-corrected chi connectivity index (χ4v) is 0.828. The van der Waals surface area contributed by atoms with E-state index in [0.29, 0.717) is 0 Å². The summed E-state index contributed by atoms with van der Waals surface area (Å²) in [7, 11) is 4.09. The Hall–Kier alpha value is 0.210. The van der Waals surface area contributed by atoms with Crippen LogP contribution in [0.25, 0.3) is 0 Å². The normalized spacial score (nSPS) is 11.5. The molecule has 70 valence electrons. The van der Waals surface area contributed by atoms with Crippen LogP contribution in [0, 0.1) is 0 Å². The van der Waals surface area contributed by atoms with Crippen LogP contribution >= 0.6 is 12.4 Å². The smallest absolute Gasteiger partial charge is 0.0592 e. The highest BCUT2D eigenvalue weighted by Gasteiger charge is 2.10. The first-order valence-corrected chi connectivity index (χ1v) is 3.79. The summed E-state index contributed by atoms with van der Waals surface area (Å²) < 4.78 is 0. The molecule has 0 heterocycles. The zero-order valence-electron chi connectivity index (χ0n) is 7.92. The van der Waals surface area contributed by atoms with Crippen LogP contribution < -0.4 is 0 Å². The zero-order chi connectivity index (χ0) is 8.20. The standard InChI is InChI=1S/C8H19NO.ClH/c1-8(2,10)6-5-7-9(3)4;/h10H,5-7H2,1-4H3;1H. The first-order chi connectivity index (χ1) is 4.42. The van der Waals surface area contributed by atoms with Crippen molar-refractivity contribution in [2.45, 2.75) is 32.3 Å². The van der Waals surface area contributed by atoms with Crippen LogP contribution in [0.4, 0.5) is 0 Å². The van der Waals surface area contributed by atoms with Crippen molar-refractivity contribution < 1.29 is 5.11 Å². The average Bonchev–Trinajstić information content (AvgIpc) is 1.59. The van der Waals surface area contributed by atoms with E-state index in [4.69, 9.17) is 0 Å². The van der Waals surface area contributed by atoms with Crippen molar-refractivity contribution in [1.29, 1.82) is 0 Å². The van der Waals surface area contributed by atoms with Gasteiger partial charge in [-0.3, -0.25) is 0 Å². The second kappa shape index (κ2) is 5.81. The highest BCUT2D eigenvalue weighted by molar-refractivity contribution is 5.85. The Balaban J connectivity index is 0. The Morgan fingerprint density at radius 3 is 2.00 bits per heavy atom. The molecule has 0 amide bonds. The molecule has 0 aromatic carbocycles. The second-order valence-electron chi connectivity index (χ2n) is 3.72. The van der Waals surface area contributed by atoms with Gasteiger partial charge in [-0.2, -0.15) is 0 Å². The monoisotopic (exact) mass is 181 g/mol. The topological polar surface area (TPSA) is 23.5 Å². The third-order valence-electron chi connectivity index (χ3n) is 1.39. The van der Waals surface area contributed by atoms with Crippen molar-refractivity contribution in [3.8, 4) is 0 Å². The van der Waals surface area contributed by atoms with E-state index >= 15 is 0 Å². The number of rotatable bonds is 4. The van der Waals surface area contributed by atoms with E-state index in [1.165, 1.54) is 0 Å². The van der Waals surface area contributed by atoms with Crippen LogP contribution in [0.5, 0.6) is 0 Å². The summed E-state index contributed by atoms with van der Waals surface area (Å²) in [4.78, 5) is 2.13. The number of aliphatic hydroxyl groups is 1. The van der Waals surface area contributed by atoms with E-state index in [1.54, 1.807) is 0 Å². The predicted octanol–water partition coefficient (Wildman–Crippen LogP) is 1.52. The van der Waals surface area contributed by atoms with E-state index in [2.05, 4.69) is 4.90 Å². The lowest BCUT2D eigenvalue weighted by Gasteiger charge is -2.18. The Morgan fingerprint density at radius 1 is 1.27 bits per heavy atom. The minimum atomic E-state index is -0.490. The number of hydrogen-bond acceptors (Lipinski definition) is 2. The molecule has 0 aliphatic heterocycles.